The minimum Gasteiger partial charge on any atom is -0.393 e. The molecule has 0 bridgehead atoms. The first-order chi connectivity index (χ1) is 17.1. The highest BCUT2D eigenvalue weighted by molar-refractivity contribution is 5.89. The first-order valence-corrected chi connectivity index (χ1v) is 11.0. The van der Waals surface area contributed by atoms with Crippen LogP contribution in [0.15, 0.2) is 97.3 Å². The molecule has 1 aromatic heterocycles. The molecule has 0 aliphatic heterocycles. The van der Waals surface area contributed by atoms with Crippen molar-refractivity contribution >= 4 is 29.1 Å². The smallest absolute Gasteiger partial charge is 0.250 e. The number of nitrogens with one attached hydrogen (secondary N) is 4. The normalized spacial score (nSPS) is 10.4. The van der Waals surface area contributed by atoms with E-state index < -0.39 is 5.92 Å². The summed E-state index contributed by atoms with van der Waals surface area (Å²) in [4.78, 5) is 33.5. The van der Waals surface area contributed by atoms with E-state index in [4.69, 9.17) is 5.73 Å². The van der Waals surface area contributed by atoms with Crippen molar-refractivity contribution in [3.8, 4) is 0 Å². The fourth-order valence-corrected chi connectivity index (χ4v) is 3.53. The highest BCUT2D eigenvalue weighted by Crippen LogP contribution is 2.25. The average Bonchev–Trinajstić information content (AvgIpc) is 2.89. The van der Waals surface area contributed by atoms with E-state index in [1.807, 2.05) is 91.0 Å². The van der Waals surface area contributed by atoms with Gasteiger partial charge >= 0.3 is 0 Å². The SMILES string of the molecule is Nc1c(NNC(=O)Cc2ccccc2)ncnc1NNC(=O)C(c1ccccc1)c1ccccc1. The maximum absolute atomic E-state index is 13.2. The third-order valence-electron chi connectivity index (χ3n) is 5.24. The second kappa shape index (κ2) is 11.3. The highest BCUT2D eigenvalue weighted by Gasteiger charge is 2.23. The van der Waals surface area contributed by atoms with Gasteiger partial charge < -0.3 is 5.73 Å². The van der Waals surface area contributed by atoms with E-state index in [1.54, 1.807) is 0 Å². The molecular weight excluding hydrogens is 442 g/mol. The molecule has 0 aliphatic carbocycles. The zero-order valence-electron chi connectivity index (χ0n) is 18.8. The summed E-state index contributed by atoms with van der Waals surface area (Å²) >= 11 is 0. The number of hydrazine groups is 2. The molecule has 0 fully saturated rings. The number of nitrogen functional groups attached to an aromatic ring is 1. The van der Waals surface area contributed by atoms with Gasteiger partial charge in [-0.1, -0.05) is 91.0 Å². The molecule has 0 atom stereocenters. The second-order valence-corrected chi connectivity index (χ2v) is 7.69. The summed E-state index contributed by atoms with van der Waals surface area (Å²) in [6.07, 6.45) is 1.46. The Morgan fingerprint density at radius 3 is 1.74 bits per heavy atom. The molecule has 1 heterocycles. The van der Waals surface area contributed by atoms with Gasteiger partial charge in [0.15, 0.2) is 11.6 Å². The van der Waals surface area contributed by atoms with E-state index in [2.05, 4.69) is 31.7 Å². The zero-order valence-corrected chi connectivity index (χ0v) is 18.8. The molecule has 0 aliphatic rings. The lowest BCUT2D eigenvalue weighted by Crippen LogP contribution is -2.35. The van der Waals surface area contributed by atoms with Gasteiger partial charge in [-0.25, -0.2) is 9.97 Å². The van der Waals surface area contributed by atoms with Crippen molar-refractivity contribution in [2.75, 3.05) is 16.6 Å². The van der Waals surface area contributed by atoms with Crippen LogP contribution in [-0.2, 0) is 16.0 Å². The van der Waals surface area contributed by atoms with Crippen LogP contribution in [0.2, 0.25) is 0 Å². The number of nitrogens with zero attached hydrogens (tertiary/aromatic N) is 2. The third-order valence-corrected chi connectivity index (χ3v) is 5.24. The Morgan fingerprint density at radius 2 is 1.20 bits per heavy atom. The van der Waals surface area contributed by atoms with Crippen LogP contribution in [-0.4, -0.2) is 21.8 Å². The Labute approximate surface area is 202 Å². The van der Waals surface area contributed by atoms with Crippen LogP contribution >= 0.6 is 0 Å². The Bertz CT molecular complexity index is 1230. The second-order valence-electron chi connectivity index (χ2n) is 7.69. The van der Waals surface area contributed by atoms with E-state index in [0.717, 1.165) is 16.7 Å². The molecule has 9 nitrogen and oxygen atoms in total. The topological polar surface area (TPSA) is 134 Å². The number of carbonyl (C=O) groups is 2. The molecular formula is C26H25N7O2. The van der Waals surface area contributed by atoms with Crippen molar-refractivity contribution in [1.29, 1.82) is 0 Å². The summed E-state index contributed by atoms with van der Waals surface area (Å²) < 4.78 is 0. The van der Waals surface area contributed by atoms with Gasteiger partial charge in [-0.05, 0) is 16.7 Å². The summed E-state index contributed by atoms with van der Waals surface area (Å²) in [7, 11) is 0. The number of amides is 2. The van der Waals surface area contributed by atoms with Crippen LogP contribution in [0, 0.1) is 0 Å². The van der Waals surface area contributed by atoms with Gasteiger partial charge in [0.25, 0.3) is 0 Å². The average molecular weight is 468 g/mol. The third kappa shape index (κ3) is 6.11. The molecule has 0 saturated heterocycles. The molecule has 176 valence electrons. The Morgan fingerprint density at radius 1 is 0.714 bits per heavy atom. The van der Waals surface area contributed by atoms with Crippen LogP contribution < -0.4 is 27.4 Å². The zero-order chi connectivity index (χ0) is 24.5. The Kier molecular flexibility index (Phi) is 7.49. The number of nitrogens with two attached hydrogens (primary N) is 1. The fourth-order valence-electron chi connectivity index (χ4n) is 3.53. The van der Waals surface area contributed by atoms with Crippen LogP contribution in [0.25, 0.3) is 0 Å². The molecule has 9 heteroatoms. The van der Waals surface area contributed by atoms with E-state index in [-0.39, 0.29) is 35.6 Å². The molecule has 0 radical (unpaired) electrons. The van der Waals surface area contributed by atoms with Crippen LogP contribution in [0.1, 0.15) is 22.6 Å². The van der Waals surface area contributed by atoms with Crippen LogP contribution in [0.3, 0.4) is 0 Å². The van der Waals surface area contributed by atoms with Gasteiger partial charge in [0, 0.05) is 0 Å². The predicted molar refractivity (Wildman–Crippen MR) is 135 cm³/mol. The maximum Gasteiger partial charge on any atom is 0.250 e. The van der Waals surface area contributed by atoms with Crippen LogP contribution in [0.5, 0.6) is 0 Å². The standard InChI is InChI=1S/C26H25N7O2/c27-23-24(31-30-21(34)16-18-10-4-1-5-11-18)28-17-29-25(23)32-33-26(35)22(19-12-6-2-7-13-19)20-14-8-3-9-15-20/h1-15,17,22H,16,27H2,(H,30,34)(H,33,35)(H2,28,29,31,32). The fraction of sp³-hybridized carbons (Fsp3) is 0.0769. The van der Waals surface area contributed by atoms with Gasteiger partial charge in [0.05, 0.1) is 12.3 Å². The van der Waals surface area contributed by atoms with Gasteiger partial charge in [0.1, 0.15) is 12.0 Å². The van der Waals surface area contributed by atoms with Crippen molar-refractivity contribution in [3.63, 3.8) is 0 Å². The number of rotatable bonds is 9. The number of benzene rings is 3. The molecule has 2 amide bonds. The van der Waals surface area contributed by atoms with Crippen LogP contribution in [0.4, 0.5) is 17.3 Å². The maximum atomic E-state index is 13.2. The lowest BCUT2D eigenvalue weighted by atomic mass is 9.91. The van der Waals surface area contributed by atoms with E-state index in [1.165, 1.54) is 6.33 Å². The summed E-state index contributed by atoms with van der Waals surface area (Å²) in [6, 6.07) is 28.3. The van der Waals surface area contributed by atoms with Crippen molar-refractivity contribution in [2.24, 2.45) is 0 Å². The lowest BCUT2D eigenvalue weighted by molar-refractivity contribution is -0.121. The summed E-state index contributed by atoms with van der Waals surface area (Å²) in [5.41, 5.74) is 19.6. The molecule has 0 spiro atoms. The lowest BCUT2D eigenvalue weighted by Gasteiger charge is -2.19. The first-order valence-electron chi connectivity index (χ1n) is 11.0. The first kappa shape index (κ1) is 23.2. The summed E-state index contributed by atoms with van der Waals surface area (Å²) in [6.45, 7) is 0. The number of carbonyl (C=O) groups excluding carboxylic acids is 2. The van der Waals surface area contributed by atoms with E-state index in [9.17, 15) is 9.59 Å². The monoisotopic (exact) mass is 467 g/mol. The molecule has 6 N–H and O–H groups in total. The Balaban J connectivity index is 1.41. The molecule has 3 aromatic carbocycles. The molecule has 4 aromatic rings. The highest BCUT2D eigenvalue weighted by atomic mass is 16.2. The summed E-state index contributed by atoms with van der Waals surface area (Å²) in [5.74, 6) is -0.701. The number of hydrogen-bond donors (Lipinski definition) is 5. The summed E-state index contributed by atoms with van der Waals surface area (Å²) in [5, 5.41) is 0. The van der Waals surface area contributed by atoms with Crippen molar-refractivity contribution in [2.45, 2.75) is 12.3 Å². The van der Waals surface area contributed by atoms with Crippen molar-refractivity contribution < 1.29 is 9.59 Å². The van der Waals surface area contributed by atoms with Gasteiger partial charge in [-0.2, -0.15) is 0 Å². The predicted octanol–water partition coefficient (Wildman–Crippen LogP) is 3.02. The van der Waals surface area contributed by atoms with Gasteiger partial charge in [-0.15, -0.1) is 0 Å². The Hall–Kier alpha value is -4.92. The minimum atomic E-state index is -0.539. The van der Waals surface area contributed by atoms with Crippen molar-refractivity contribution in [1.82, 2.24) is 20.8 Å². The number of anilines is 3. The molecule has 0 unspecified atom stereocenters. The number of hydrogen-bond acceptors (Lipinski definition) is 7. The molecule has 35 heavy (non-hydrogen) atoms. The van der Waals surface area contributed by atoms with E-state index >= 15 is 0 Å². The number of aromatic nitrogens is 2. The van der Waals surface area contributed by atoms with Gasteiger partial charge in [0.2, 0.25) is 11.8 Å². The minimum absolute atomic E-state index is 0.129. The van der Waals surface area contributed by atoms with Crippen molar-refractivity contribution in [3.05, 3.63) is 114 Å². The largest absolute Gasteiger partial charge is 0.393 e. The quantitative estimate of drug-likeness (QED) is 0.239. The molecule has 4 rings (SSSR count). The molecule has 0 saturated carbocycles. The van der Waals surface area contributed by atoms with Gasteiger partial charge in [-0.3, -0.25) is 31.3 Å². The van der Waals surface area contributed by atoms with E-state index in [0.29, 0.717) is 0 Å².